The van der Waals surface area contributed by atoms with Gasteiger partial charge in [0.25, 0.3) is 0 Å². The van der Waals surface area contributed by atoms with Gasteiger partial charge in [-0.15, -0.1) is 0 Å². The van der Waals surface area contributed by atoms with Crippen molar-refractivity contribution in [3.8, 4) is 6.07 Å². The molecule has 1 saturated heterocycles. The predicted molar refractivity (Wildman–Crippen MR) is 82.4 cm³/mol. The lowest BCUT2D eigenvalue weighted by molar-refractivity contribution is 0.805. The van der Waals surface area contributed by atoms with Gasteiger partial charge in [-0.05, 0) is 30.7 Å². The second-order valence-electron chi connectivity index (χ2n) is 4.93. The van der Waals surface area contributed by atoms with Gasteiger partial charge in [0.1, 0.15) is 17.6 Å². The minimum atomic E-state index is 0.317. The molecule has 5 nitrogen and oxygen atoms in total. The number of nitrogens with one attached hydrogen (secondary N) is 1. The van der Waals surface area contributed by atoms with Crippen LogP contribution in [0.4, 0.5) is 11.5 Å². The Balaban J connectivity index is 1.64. The number of rotatable bonds is 3. The van der Waals surface area contributed by atoms with Crippen molar-refractivity contribution in [2.75, 3.05) is 23.3 Å². The Morgan fingerprint density at radius 3 is 2.95 bits per heavy atom. The van der Waals surface area contributed by atoms with Gasteiger partial charge in [-0.3, -0.25) is 0 Å². The number of nitrogens with zero attached hydrogens (tertiary/aromatic N) is 4. The minimum absolute atomic E-state index is 0.317. The summed E-state index contributed by atoms with van der Waals surface area (Å²) in [7, 11) is 0. The molecule has 2 aromatic rings. The molecule has 1 fully saturated rings. The van der Waals surface area contributed by atoms with E-state index in [4.69, 9.17) is 16.9 Å². The maximum absolute atomic E-state index is 8.74. The molecule has 0 spiro atoms. The van der Waals surface area contributed by atoms with Gasteiger partial charge < -0.3 is 10.2 Å². The van der Waals surface area contributed by atoms with Crippen molar-refractivity contribution in [2.24, 2.45) is 0 Å². The SMILES string of the molecule is N#Cc1ccc(N[C@H]2CCN(c3ncccc3Cl)C2)cn1. The molecule has 1 atom stereocenters. The highest BCUT2D eigenvalue weighted by molar-refractivity contribution is 6.32. The fourth-order valence-corrected chi connectivity index (χ4v) is 2.70. The quantitative estimate of drug-likeness (QED) is 0.944. The Bertz CT molecular complexity index is 665. The Morgan fingerprint density at radius 1 is 1.33 bits per heavy atom. The summed E-state index contributed by atoms with van der Waals surface area (Å²) in [6.45, 7) is 1.76. The molecule has 106 valence electrons. The summed E-state index contributed by atoms with van der Waals surface area (Å²) < 4.78 is 0. The van der Waals surface area contributed by atoms with Gasteiger partial charge in [0.2, 0.25) is 0 Å². The summed E-state index contributed by atoms with van der Waals surface area (Å²) in [5.41, 5.74) is 1.35. The maximum atomic E-state index is 8.74. The predicted octanol–water partition coefficient (Wildman–Crippen LogP) is 2.69. The molecule has 0 aromatic carbocycles. The van der Waals surface area contributed by atoms with Crippen LogP contribution in [0.15, 0.2) is 36.7 Å². The lowest BCUT2D eigenvalue weighted by atomic mass is 10.2. The van der Waals surface area contributed by atoms with Crippen LogP contribution in [-0.4, -0.2) is 29.1 Å². The molecule has 0 amide bonds. The van der Waals surface area contributed by atoms with Crippen molar-refractivity contribution in [1.82, 2.24) is 9.97 Å². The zero-order valence-corrected chi connectivity index (χ0v) is 12.1. The van der Waals surface area contributed by atoms with E-state index in [0.717, 1.165) is 31.0 Å². The number of hydrogen-bond donors (Lipinski definition) is 1. The molecular weight excluding hydrogens is 286 g/mol. The maximum Gasteiger partial charge on any atom is 0.147 e. The summed E-state index contributed by atoms with van der Waals surface area (Å²) in [6.07, 6.45) is 4.45. The minimum Gasteiger partial charge on any atom is -0.379 e. The molecule has 1 aliphatic heterocycles. The molecule has 0 aliphatic carbocycles. The fourth-order valence-electron chi connectivity index (χ4n) is 2.46. The molecule has 6 heteroatoms. The summed E-state index contributed by atoms with van der Waals surface area (Å²) in [5.74, 6) is 0.835. The highest BCUT2D eigenvalue weighted by Gasteiger charge is 2.24. The standard InChI is InChI=1S/C15H14ClN5/c16-14-2-1-6-18-15(14)21-7-5-13(10-21)20-12-4-3-11(8-17)19-9-12/h1-4,6,9,13,20H,5,7,10H2/t13-/m0/s1. The van der Waals surface area contributed by atoms with Gasteiger partial charge in [0.05, 0.1) is 16.9 Å². The van der Waals surface area contributed by atoms with Gasteiger partial charge in [0, 0.05) is 25.3 Å². The summed E-state index contributed by atoms with van der Waals surface area (Å²) in [4.78, 5) is 10.6. The van der Waals surface area contributed by atoms with Crippen LogP contribution >= 0.6 is 11.6 Å². The third kappa shape index (κ3) is 3.06. The smallest absolute Gasteiger partial charge is 0.147 e. The number of hydrogen-bond acceptors (Lipinski definition) is 5. The second-order valence-corrected chi connectivity index (χ2v) is 5.34. The highest BCUT2D eigenvalue weighted by Crippen LogP contribution is 2.26. The zero-order valence-electron chi connectivity index (χ0n) is 11.3. The molecule has 0 radical (unpaired) electrons. The molecule has 1 N–H and O–H groups in total. The van der Waals surface area contributed by atoms with Crippen molar-refractivity contribution in [3.63, 3.8) is 0 Å². The third-order valence-electron chi connectivity index (χ3n) is 3.48. The van der Waals surface area contributed by atoms with E-state index in [1.807, 2.05) is 24.3 Å². The first-order valence-electron chi connectivity index (χ1n) is 6.74. The van der Waals surface area contributed by atoms with Crippen molar-refractivity contribution in [3.05, 3.63) is 47.4 Å². The average Bonchev–Trinajstić information content (AvgIpc) is 2.97. The highest BCUT2D eigenvalue weighted by atomic mass is 35.5. The Labute approximate surface area is 128 Å². The fraction of sp³-hybridized carbons (Fsp3) is 0.267. The zero-order chi connectivity index (χ0) is 14.7. The van der Waals surface area contributed by atoms with Crippen molar-refractivity contribution in [1.29, 1.82) is 5.26 Å². The van der Waals surface area contributed by atoms with Crippen molar-refractivity contribution in [2.45, 2.75) is 12.5 Å². The molecule has 0 saturated carbocycles. The van der Waals surface area contributed by atoms with E-state index in [-0.39, 0.29) is 0 Å². The van der Waals surface area contributed by atoms with Crippen LogP contribution in [0.2, 0.25) is 5.02 Å². The van der Waals surface area contributed by atoms with E-state index >= 15 is 0 Å². The molecular formula is C15H14ClN5. The van der Waals surface area contributed by atoms with Crippen molar-refractivity contribution >= 4 is 23.1 Å². The van der Waals surface area contributed by atoms with Crippen LogP contribution in [0.1, 0.15) is 12.1 Å². The van der Waals surface area contributed by atoms with Crippen LogP contribution in [0.3, 0.4) is 0 Å². The molecule has 21 heavy (non-hydrogen) atoms. The van der Waals surface area contributed by atoms with E-state index in [1.54, 1.807) is 18.5 Å². The first-order valence-corrected chi connectivity index (χ1v) is 7.12. The number of halogens is 1. The summed E-state index contributed by atoms with van der Waals surface area (Å²) in [6, 6.07) is 9.61. The van der Waals surface area contributed by atoms with Gasteiger partial charge in [-0.25, -0.2) is 9.97 Å². The summed E-state index contributed by atoms with van der Waals surface area (Å²) >= 11 is 6.18. The monoisotopic (exact) mass is 299 g/mol. The summed E-state index contributed by atoms with van der Waals surface area (Å²) in [5, 5.41) is 12.8. The topological polar surface area (TPSA) is 64.8 Å². The molecule has 3 heterocycles. The van der Waals surface area contributed by atoms with Crippen LogP contribution < -0.4 is 10.2 Å². The van der Waals surface area contributed by atoms with E-state index < -0.39 is 0 Å². The average molecular weight is 300 g/mol. The van der Waals surface area contributed by atoms with Crippen molar-refractivity contribution < 1.29 is 0 Å². The Kier molecular flexibility index (Phi) is 3.89. The largest absolute Gasteiger partial charge is 0.379 e. The molecule has 2 aromatic heterocycles. The molecule has 0 unspecified atom stereocenters. The second kappa shape index (κ2) is 5.98. The van der Waals surface area contributed by atoms with Crippen LogP contribution in [0, 0.1) is 11.3 Å². The normalized spacial score (nSPS) is 17.5. The van der Waals surface area contributed by atoms with Crippen LogP contribution in [0.5, 0.6) is 0 Å². The molecule has 1 aliphatic rings. The van der Waals surface area contributed by atoms with Crippen LogP contribution in [-0.2, 0) is 0 Å². The molecule has 3 rings (SSSR count). The Hall–Kier alpha value is -2.32. The first kappa shape index (κ1) is 13.7. The van der Waals surface area contributed by atoms with Gasteiger partial charge in [-0.2, -0.15) is 5.26 Å². The lowest BCUT2D eigenvalue weighted by Crippen LogP contribution is -2.26. The van der Waals surface area contributed by atoms with E-state index in [0.29, 0.717) is 16.8 Å². The number of aromatic nitrogens is 2. The van der Waals surface area contributed by atoms with Gasteiger partial charge in [0.15, 0.2) is 0 Å². The van der Waals surface area contributed by atoms with E-state index in [2.05, 4.69) is 20.2 Å². The first-order chi connectivity index (χ1) is 10.3. The number of pyridine rings is 2. The van der Waals surface area contributed by atoms with Gasteiger partial charge in [-0.1, -0.05) is 11.6 Å². The third-order valence-corrected chi connectivity index (χ3v) is 3.77. The van der Waals surface area contributed by atoms with E-state index in [1.165, 1.54) is 0 Å². The van der Waals surface area contributed by atoms with Gasteiger partial charge >= 0.3 is 0 Å². The number of nitriles is 1. The number of anilines is 2. The van der Waals surface area contributed by atoms with Crippen LogP contribution in [0.25, 0.3) is 0 Å². The molecule has 0 bridgehead atoms. The lowest BCUT2D eigenvalue weighted by Gasteiger charge is -2.19. The Morgan fingerprint density at radius 2 is 2.24 bits per heavy atom. The van der Waals surface area contributed by atoms with E-state index in [9.17, 15) is 0 Å².